The fourth-order valence-corrected chi connectivity index (χ4v) is 3.21. The van der Waals surface area contributed by atoms with Crippen molar-refractivity contribution in [2.24, 2.45) is 0 Å². The summed E-state index contributed by atoms with van der Waals surface area (Å²) in [6.45, 7) is 6.80. The van der Waals surface area contributed by atoms with E-state index >= 15 is 0 Å². The van der Waals surface area contributed by atoms with Crippen LogP contribution in [0, 0.1) is 11.3 Å². The minimum Gasteiger partial charge on any atom is -0.394 e. The van der Waals surface area contributed by atoms with Gasteiger partial charge in [-0.05, 0) is 27.7 Å². The molecule has 126 valence electrons. The summed E-state index contributed by atoms with van der Waals surface area (Å²) < 4.78 is 6.51. The Hall–Kier alpha value is -0.360. The molecular formula is C12H28N2O6P+. The van der Waals surface area contributed by atoms with E-state index in [0.717, 1.165) is 0 Å². The Kier molecular flexibility index (Phi) is 13.3. The molecule has 0 aromatic carbocycles. The van der Waals surface area contributed by atoms with Crippen LogP contribution in [0.2, 0.25) is 0 Å². The molecule has 0 saturated carbocycles. The summed E-state index contributed by atoms with van der Waals surface area (Å²) in [4.78, 5) is 19.6. The Labute approximate surface area is 126 Å². The summed E-state index contributed by atoms with van der Waals surface area (Å²) in [5, 5.41) is 32.3. The third-order valence-corrected chi connectivity index (χ3v) is 4.31. The summed E-state index contributed by atoms with van der Waals surface area (Å²) in [6.07, 6.45) is -0.794. The first-order chi connectivity index (χ1) is 9.63. The van der Waals surface area contributed by atoms with Crippen LogP contribution in [-0.4, -0.2) is 67.8 Å². The van der Waals surface area contributed by atoms with Gasteiger partial charge in [-0.15, -0.1) is 0 Å². The Morgan fingerprint density at radius 3 is 1.76 bits per heavy atom. The number of aliphatic hydroxyl groups excluding tert-OH is 3. The van der Waals surface area contributed by atoms with E-state index in [2.05, 4.69) is 0 Å². The molecular weight excluding hydrogens is 299 g/mol. The lowest BCUT2D eigenvalue weighted by Gasteiger charge is -2.29. The van der Waals surface area contributed by atoms with Crippen molar-refractivity contribution >= 4 is 8.09 Å². The molecule has 0 atom stereocenters. The predicted molar refractivity (Wildman–Crippen MR) is 79.8 cm³/mol. The van der Waals surface area contributed by atoms with E-state index in [1.165, 1.54) is 4.67 Å². The third kappa shape index (κ3) is 10.9. The van der Waals surface area contributed by atoms with Gasteiger partial charge in [-0.1, -0.05) is 4.67 Å². The fourth-order valence-electron chi connectivity index (χ4n) is 1.54. The summed E-state index contributed by atoms with van der Waals surface area (Å²) in [7, 11) is -3.51. The molecule has 0 bridgehead atoms. The summed E-state index contributed by atoms with van der Waals surface area (Å²) >= 11 is 0. The molecule has 0 amide bonds. The van der Waals surface area contributed by atoms with Gasteiger partial charge in [-0.25, -0.2) is 0 Å². The van der Waals surface area contributed by atoms with E-state index < -0.39 is 14.2 Å². The highest BCUT2D eigenvalue weighted by Gasteiger charge is 2.48. The Morgan fingerprint density at radius 2 is 1.52 bits per heavy atom. The summed E-state index contributed by atoms with van der Waals surface area (Å²) in [6, 6.07) is 1.85. The predicted octanol–water partition coefficient (Wildman–Crippen LogP) is 0.0296. The van der Waals surface area contributed by atoms with Crippen LogP contribution in [0.1, 0.15) is 34.1 Å². The average molecular weight is 327 g/mol. The molecule has 0 heterocycles. The lowest BCUT2D eigenvalue weighted by atomic mass is 10.3. The zero-order valence-corrected chi connectivity index (χ0v) is 13.9. The molecule has 21 heavy (non-hydrogen) atoms. The van der Waals surface area contributed by atoms with E-state index in [9.17, 15) is 9.79 Å². The maximum absolute atomic E-state index is 9.80. The van der Waals surface area contributed by atoms with Crippen molar-refractivity contribution in [3.8, 4) is 6.07 Å². The molecule has 0 aliphatic carbocycles. The van der Waals surface area contributed by atoms with Crippen molar-refractivity contribution < 1.29 is 29.6 Å². The molecule has 5 N–H and O–H groups in total. The summed E-state index contributed by atoms with van der Waals surface area (Å²) in [5.74, 6) is 0. The van der Waals surface area contributed by atoms with Crippen LogP contribution in [0.15, 0.2) is 0 Å². The summed E-state index contributed by atoms with van der Waals surface area (Å²) in [5.41, 5.74) is 0. The second kappa shape index (κ2) is 12.2. The average Bonchev–Trinajstić information content (AvgIpc) is 2.37. The van der Waals surface area contributed by atoms with Gasteiger partial charge in [0.2, 0.25) is 0 Å². The second-order valence-corrected chi connectivity index (χ2v) is 6.59. The molecule has 0 radical (unpaired) electrons. The molecule has 8 nitrogen and oxygen atoms in total. The zero-order chi connectivity index (χ0) is 17.1. The number of aliphatic hydroxyl groups is 3. The molecule has 0 aromatic heterocycles. The van der Waals surface area contributed by atoms with Crippen molar-refractivity contribution in [3.05, 3.63) is 0 Å². The van der Waals surface area contributed by atoms with E-state index in [0.29, 0.717) is 0 Å². The molecule has 0 aliphatic rings. The Morgan fingerprint density at radius 1 is 1.10 bits per heavy atom. The van der Waals surface area contributed by atoms with Crippen LogP contribution in [0.25, 0.3) is 0 Å². The highest BCUT2D eigenvalue weighted by Crippen LogP contribution is 2.57. The van der Waals surface area contributed by atoms with E-state index in [-0.39, 0.29) is 38.3 Å². The third-order valence-electron chi connectivity index (χ3n) is 2.26. The van der Waals surface area contributed by atoms with Gasteiger partial charge in [-0.2, -0.15) is 19.6 Å². The monoisotopic (exact) mass is 327 g/mol. The number of nitrogens with zero attached hydrogens (tertiary/aromatic N) is 2. The number of rotatable bonds is 8. The first-order valence-corrected chi connectivity index (χ1v) is 8.25. The highest BCUT2D eigenvalue weighted by molar-refractivity contribution is 7.57. The molecule has 0 aromatic rings. The highest BCUT2D eigenvalue weighted by atomic mass is 31.2. The number of hydrogen-bond acceptors (Lipinski definition) is 8. The van der Waals surface area contributed by atoms with Crippen LogP contribution < -0.4 is 0 Å². The van der Waals surface area contributed by atoms with Crippen LogP contribution in [-0.2, 0) is 4.52 Å². The minimum absolute atomic E-state index is 0.0181. The molecule has 0 saturated heterocycles. The molecule has 9 heteroatoms. The first-order valence-electron chi connectivity index (χ1n) is 6.68. The van der Waals surface area contributed by atoms with Gasteiger partial charge in [0.05, 0.1) is 25.7 Å². The van der Waals surface area contributed by atoms with Crippen molar-refractivity contribution in [2.45, 2.75) is 52.3 Å². The SMILES string of the molecule is CC(C)N(C(C)C)[P+](O)(O)OCCC#N.OCC(O)CO. The van der Waals surface area contributed by atoms with Crippen molar-refractivity contribution in [2.75, 3.05) is 19.8 Å². The molecule has 0 aliphatic heterocycles. The Bertz CT molecular complexity index is 284. The van der Waals surface area contributed by atoms with Crippen molar-refractivity contribution in [3.63, 3.8) is 0 Å². The van der Waals surface area contributed by atoms with Crippen LogP contribution in [0.5, 0.6) is 0 Å². The van der Waals surface area contributed by atoms with Crippen LogP contribution in [0.3, 0.4) is 0 Å². The molecule has 0 fully saturated rings. The van der Waals surface area contributed by atoms with Gasteiger partial charge >= 0.3 is 8.09 Å². The Balaban J connectivity index is 0. The topological polar surface area (TPSA) is 137 Å². The van der Waals surface area contributed by atoms with Crippen molar-refractivity contribution in [1.29, 1.82) is 5.26 Å². The normalized spacial score (nSPS) is 11.8. The zero-order valence-electron chi connectivity index (χ0n) is 13.0. The fraction of sp³-hybridized carbons (Fsp3) is 0.917. The van der Waals surface area contributed by atoms with Gasteiger partial charge in [0.1, 0.15) is 12.7 Å². The minimum atomic E-state index is -3.51. The van der Waals surface area contributed by atoms with E-state index in [4.69, 9.17) is 25.1 Å². The second-order valence-electron chi connectivity index (χ2n) is 4.84. The van der Waals surface area contributed by atoms with Crippen LogP contribution >= 0.6 is 8.09 Å². The maximum Gasteiger partial charge on any atom is 0.499 e. The van der Waals surface area contributed by atoms with Gasteiger partial charge in [0.25, 0.3) is 0 Å². The van der Waals surface area contributed by atoms with E-state index in [1.807, 2.05) is 33.8 Å². The first kappa shape index (κ1) is 22.9. The molecule has 0 rings (SSSR count). The molecule has 0 spiro atoms. The van der Waals surface area contributed by atoms with Crippen molar-refractivity contribution in [1.82, 2.24) is 4.67 Å². The van der Waals surface area contributed by atoms with Gasteiger partial charge in [-0.3, -0.25) is 0 Å². The van der Waals surface area contributed by atoms with E-state index in [1.54, 1.807) is 0 Å². The smallest absolute Gasteiger partial charge is 0.394 e. The quantitative estimate of drug-likeness (QED) is 0.311. The largest absolute Gasteiger partial charge is 0.499 e. The number of nitriles is 1. The van der Waals surface area contributed by atoms with Crippen LogP contribution in [0.4, 0.5) is 0 Å². The standard InChI is InChI=1S/C9H20N2O3P.C3H8O3/c1-8(2)11(9(3)4)15(12,13)14-7-5-6-10;4-1-3(6)2-5/h8-9,12-13H,5,7H2,1-4H3;3-6H,1-2H2/q+1;. The van der Waals surface area contributed by atoms with Gasteiger partial charge in [0, 0.05) is 12.1 Å². The van der Waals surface area contributed by atoms with Gasteiger partial charge < -0.3 is 15.3 Å². The lowest BCUT2D eigenvalue weighted by molar-refractivity contribution is 0.0450. The van der Waals surface area contributed by atoms with Gasteiger partial charge in [0.15, 0.2) is 0 Å². The molecule has 0 unspecified atom stereocenters. The lowest BCUT2D eigenvalue weighted by Crippen LogP contribution is -2.37. The maximum atomic E-state index is 9.80. The number of hydrogen-bond donors (Lipinski definition) is 5.